The normalized spacial score (nSPS) is 12.2. The second kappa shape index (κ2) is 5.37. The largest absolute Gasteiger partial charge is 0.595 e. The molecule has 2 aromatic rings. The van der Waals surface area contributed by atoms with Gasteiger partial charge in [-0.05, 0) is 12.1 Å². The Morgan fingerprint density at radius 2 is 2.05 bits per heavy atom. The summed E-state index contributed by atoms with van der Waals surface area (Å²) in [7, 11) is 1.38. The molecule has 2 rings (SSSR count). The highest BCUT2D eigenvalue weighted by molar-refractivity contribution is 6.31. The van der Waals surface area contributed by atoms with Crippen LogP contribution in [-0.2, 0) is 0 Å². The highest BCUT2D eigenvalue weighted by atomic mass is 35.5. The molecular formula is C11H10ClN3O4. The molecule has 0 amide bonds. The summed E-state index contributed by atoms with van der Waals surface area (Å²) in [6.45, 7) is 0. The van der Waals surface area contributed by atoms with Crippen LogP contribution in [-0.4, -0.2) is 22.1 Å². The lowest BCUT2D eigenvalue weighted by molar-refractivity contribution is -0.991. The number of nitrogens with zero attached hydrogens (tertiary/aromatic N) is 2. The van der Waals surface area contributed by atoms with Gasteiger partial charge in [0.25, 0.3) is 5.56 Å². The number of hydrogen-bond donors (Lipinski definition) is 2. The van der Waals surface area contributed by atoms with E-state index in [9.17, 15) is 10.0 Å². The summed E-state index contributed by atoms with van der Waals surface area (Å²) in [6.07, 6.45) is 1.31. The lowest BCUT2D eigenvalue weighted by Crippen LogP contribution is -2.99. The van der Waals surface area contributed by atoms with Crippen LogP contribution in [0.15, 0.2) is 35.3 Å². The minimum absolute atomic E-state index is 0.0835. The quantitative estimate of drug-likeness (QED) is 0.791. The fourth-order valence-electron chi connectivity index (χ4n) is 1.49. The molecule has 7 nitrogen and oxygen atoms in total. The summed E-state index contributed by atoms with van der Waals surface area (Å²) in [5.74, 6) is 0.185. The van der Waals surface area contributed by atoms with Crippen molar-refractivity contribution in [3.63, 3.8) is 0 Å². The Balaban J connectivity index is 2.48. The van der Waals surface area contributed by atoms with Crippen molar-refractivity contribution in [2.75, 3.05) is 7.11 Å². The minimum Gasteiger partial charge on any atom is -0.595 e. The third kappa shape index (κ3) is 2.59. The molecule has 0 aliphatic carbocycles. The van der Waals surface area contributed by atoms with Crippen LogP contribution in [0.4, 0.5) is 5.69 Å². The van der Waals surface area contributed by atoms with E-state index in [0.717, 1.165) is 4.68 Å². The van der Waals surface area contributed by atoms with Crippen molar-refractivity contribution in [1.29, 1.82) is 0 Å². The Kier molecular flexibility index (Phi) is 3.82. The number of benzene rings is 1. The van der Waals surface area contributed by atoms with Gasteiger partial charge in [-0.1, -0.05) is 11.6 Å². The summed E-state index contributed by atoms with van der Waals surface area (Å²) in [5, 5.41) is 22.3. The van der Waals surface area contributed by atoms with Gasteiger partial charge in [0.1, 0.15) is 0 Å². The van der Waals surface area contributed by atoms with E-state index in [1.807, 2.05) is 0 Å². The fourth-order valence-corrected chi connectivity index (χ4v) is 1.70. The number of methoxy groups -OCH3 is 1. The predicted octanol–water partition coefficient (Wildman–Crippen LogP) is 0.298. The van der Waals surface area contributed by atoms with Crippen molar-refractivity contribution in [3.05, 3.63) is 51.0 Å². The molecule has 0 bridgehead atoms. The van der Waals surface area contributed by atoms with Gasteiger partial charge in [0.05, 0.1) is 19.0 Å². The van der Waals surface area contributed by atoms with Crippen molar-refractivity contribution in [2.24, 2.45) is 0 Å². The van der Waals surface area contributed by atoms with Gasteiger partial charge in [0.15, 0.2) is 16.5 Å². The van der Waals surface area contributed by atoms with E-state index in [0.29, 0.717) is 5.69 Å². The molecule has 1 aromatic heterocycles. The first-order valence-corrected chi connectivity index (χ1v) is 5.58. The van der Waals surface area contributed by atoms with Crippen LogP contribution in [0.1, 0.15) is 0 Å². The molecule has 0 aliphatic rings. The number of aromatic nitrogens is 2. The van der Waals surface area contributed by atoms with Gasteiger partial charge in [-0.2, -0.15) is 15.0 Å². The number of nitrogens with one attached hydrogen (secondary N) is 1. The van der Waals surface area contributed by atoms with Crippen LogP contribution in [0.2, 0.25) is 5.02 Å². The van der Waals surface area contributed by atoms with Gasteiger partial charge >= 0.3 is 0 Å². The van der Waals surface area contributed by atoms with E-state index in [1.165, 1.54) is 37.6 Å². The van der Waals surface area contributed by atoms with E-state index >= 15 is 0 Å². The molecule has 0 saturated heterocycles. The van der Waals surface area contributed by atoms with Crippen molar-refractivity contribution < 1.29 is 15.2 Å². The number of ether oxygens (including phenoxy) is 1. The maximum absolute atomic E-state index is 11.9. The van der Waals surface area contributed by atoms with Crippen LogP contribution in [0, 0.1) is 5.21 Å². The third-order valence-corrected chi connectivity index (χ3v) is 2.81. The molecular weight excluding hydrogens is 274 g/mol. The number of quaternary nitrogens is 1. The molecule has 1 heterocycles. The Hall–Kier alpha value is -1.93. The summed E-state index contributed by atoms with van der Waals surface area (Å²) in [6, 6.07) is 5.70. The molecule has 1 unspecified atom stereocenters. The summed E-state index contributed by atoms with van der Waals surface area (Å²) in [4.78, 5) is 11.9. The van der Waals surface area contributed by atoms with E-state index in [2.05, 4.69) is 5.10 Å². The molecule has 8 heteroatoms. The maximum atomic E-state index is 11.9. The molecule has 2 N–H and O–H groups in total. The zero-order valence-electron chi connectivity index (χ0n) is 9.83. The van der Waals surface area contributed by atoms with E-state index in [1.54, 1.807) is 0 Å². The molecule has 0 saturated carbocycles. The van der Waals surface area contributed by atoms with Gasteiger partial charge in [-0.15, -0.1) is 0 Å². The average Bonchev–Trinajstić information content (AvgIpc) is 2.42. The highest BCUT2D eigenvalue weighted by Gasteiger charge is 2.11. The Labute approximate surface area is 112 Å². The second-order valence-electron chi connectivity index (χ2n) is 3.60. The highest BCUT2D eigenvalue weighted by Crippen LogP contribution is 2.18. The molecule has 1 aromatic carbocycles. The lowest BCUT2D eigenvalue weighted by Gasteiger charge is -2.12. The van der Waals surface area contributed by atoms with Crippen LogP contribution >= 0.6 is 11.6 Å². The molecule has 19 heavy (non-hydrogen) atoms. The summed E-state index contributed by atoms with van der Waals surface area (Å²) in [5.41, 5.74) is 0.0000484. The first-order valence-electron chi connectivity index (χ1n) is 5.20. The average molecular weight is 284 g/mol. The van der Waals surface area contributed by atoms with Crippen LogP contribution in [0.3, 0.4) is 0 Å². The molecule has 0 fully saturated rings. The molecule has 0 radical (unpaired) electrons. The van der Waals surface area contributed by atoms with Gasteiger partial charge in [0.2, 0.25) is 0 Å². The zero-order chi connectivity index (χ0) is 14.0. The van der Waals surface area contributed by atoms with Gasteiger partial charge in [-0.25, -0.2) is 5.21 Å². The predicted molar refractivity (Wildman–Crippen MR) is 67.2 cm³/mol. The molecule has 0 aliphatic heterocycles. The Bertz CT molecular complexity index is 639. The third-order valence-electron chi connectivity index (χ3n) is 2.47. The van der Waals surface area contributed by atoms with E-state index < -0.39 is 10.8 Å². The SMILES string of the molecule is COc1cnn(-c2ccc([NH+]([O-])O)cc2)c(=O)c1Cl. The van der Waals surface area contributed by atoms with Gasteiger partial charge in [-0.3, -0.25) is 4.79 Å². The van der Waals surface area contributed by atoms with Gasteiger partial charge < -0.3 is 9.94 Å². The van der Waals surface area contributed by atoms with Crippen molar-refractivity contribution >= 4 is 17.3 Å². The monoisotopic (exact) mass is 283 g/mol. The van der Waals surface area contributed by atoms with Crippen LogP contribution in [0.25, 0.3) is 5.69 Å². The van der Waals surface area contributed by atoms with Crippen molar-refractivity contribution in [1.82, 2.24) is 9.78 Å². The number of halogens is 1. The zero-order valence-corrected chi connectivity index (χ0v) is 10.6. The first-order chi connectivity index (χ1) is 9.04. The lowest BCUT2D eigenvalue weighted by atomic mass is 10.3. The van der Waals surface area contributed by atoms with Crippen molar-refractivity contribution in [3.8, 4) is 11.4 Å². The summed E-state index contributed by atoms with van der Waals surface area (Å²) >= 11 is 5.84. The van der Waals surface area contributed by atoms with E-state index in [-0.39, 0.29) is 16.5 Å². The minimum atomic E-state index is -1.04. The number of hydrogen-bond acceptors (Lipinski definition) is 5. The Morgan fingerprint density at radius 3 is 2.58 bits per heavy atom. The van der Waals surface area contributed by atoms with Crippen LogP contribution < -0.4 is 15.5 Å². The second-order valence-corrected chi connectivity index (χ2v) is 3.97. The van der Waals surface area contributed by atoms with Crippen LogP contribution in [0.5, 0.6) is 5.75 Å². The molecule has 100 valence electrons. The molecule has 0 spiro atoms. The smallest absolute Gasteiger partial charge is 0.294 e. The Morgan fingerprint density at radius 1 is 1.42 bits per heavy atom. The standard InChI is InChI=1S/C11H10ClN3O4/c1-19-9-6-13-14(11(16)10(9)12)7-2-4-8(5-3-7)15(17)18/h2-6,15,17H,1H3. The fraction of sp³-hybridized carbons (Fsp3) is 0.0909. The van der Waals surface area contributed by atoms with Crippen molar-refractivity contribution in [2.45, 2.75) is 0 Å². The first kappa shape index (κ1) is 13.5. The van der Waals surface area contributed by atoms with Gasteiger partial charge in [0, 0.05) is 12.1 Å². The molecule has 1 atom stereocenters. The topological polar surface area (TPSA) is 91.8 Å². The number of rotatable bonds is 3. The van der Waals surface area contributed by atoms with E-state index in [4.69, 9.17) is 21.5 Å². The summed E-state index contributed by atoms with van der Waals surface area (Å²) < 4.78 is 5.95. The maximum Gasteiger partial charge on any atom is 0.294 e.